The van der Waals surface area contributed by atoms with Gasteiger partial charge in [0.15, 0.2) is 6.29 Å². The molecule has 0 spiro atoms. The Labute approximate surface area is 97.2 Å². The lowest BCUT2D eigenvalue weighted by molar-refractivity contribution is -0.104. The smallest absolute Gasteiger partial charge is 0.158 e. The molecular weight excluding hydrogens is 196 g/mol. The molecule has 16 heavy (non-hydrogen) atoms. The molecule has 0 radical (unpaired) electrons. The maximum atomic E-state index is 10.8. The lowest BCUT2D eigenvalue weighted by Crippen LogP contribution is -1.81. The Morgan fingerprint density at radius 3 is 2.69 bits per heavy atom. The molecule has 1 aromatic rings. The van der Waals surface area contributed by atoms with Crippen LogP contribution in [0.3, 0.4) is 0 Å². The third-order valence-electron chi connectivity index (χ3n) is 2.14. The number of unbranched alkanes of at least 4 members (excludes halogenated alkanes) is 2. The third-order valence-corrected chi connectivity index (χ3v) is 2.14. The first-order valence-corrected chi connectivity index (χ1v) is 5.57. The number of benzene rings is 1. The van der Waals surface area contributed by atoms with Crippen molar-refractivity contribution in [1.29, 1.82) is 0 Å². The van der Waals surface area contributed by atoms with E-state index in [9.17, 15) is 4.79 Å². The molecule has 0 bridgehead atoms. The van der Waals surface area contributed by atoms with Gasteiger partial charge >= 0.3 is 0 Å². The van der Waals surface area contributed by atoms with Crippen LogP contribution in [0.1, 0.15) is 31.7 Å². The van der Waals surface area contributed by atoms with Crippen LogP contribution in [-0.2, 0) is 4.79 Å². The standard InChI is InChI=1S/C15H16O/c1-2-3-4-6-11-15(13-16)12-14-9-7-5-8-10-14/h5,7-10,12-13H,2-4H2,1H3/b15-12+. The van der Waals surface area contributed by atoms with Gasteiger partial charge in [-0.15, -0.1) is 0 Å². The number of aldehydes is 1. The molecule has 0 amide bonds. The van der Waals surface area contributed by atoms with Crippen molar-refractivity contribution in [2.75, 3.05) is 0 Å². The average Bonchev–Trinajstić information content (AvgIpc) is 2.34. The largest absolute Gasteiger partial charge is 0.297 e. The number of hydrogen-bond donors (Lipinski definition) is 0. The van der Waals surface area contributed by atoms with Gasteiger partial charge in [0, 0.05) is 6.42 Å². The summed E-state index contributed by atoms with van der Waals surface area (Å²) in [6.07, 6.45) is 5.70. The van der Waals surface area contributed by atoms with E-state index in [0.29, 0.717) is 5.57 Å². The second-order valence-electron chi connectivity index (χ2n) is 3.53. The molecule has 0 N–H and O–H groups in total. The van der Waals surface area contributed by atoms with Crippen LogP contribution in [0.15, 0.2) is 35.9 Å². The van der Waals surface area contributed by atoms with Crippen LogP contribution in [0.25, 0.3) is 6.08 Å². The third kappa shape index (κ3) is 4.61. The molecule has 0 aliphatic heterocycles. The zero-order valence-electron chi connectivity index (χ0n) is 9.57. The zero-order valence-corrected chi connectivity index (χ0v) is 9.57. The van der Waals surface area contributed by atoms with Gasteiger partial charge in [-0.3, -0.25) is 4.79 Å². The van der Waals surface area contributed by atoms with Crippen LogP contribution >= 0.6 is 0 Å². The Kier molecular flexibility index (Phi) is 5.73. The Morgan fingerprint density at radius 2 is 2.06 bits per heavy atom. The number of hydrogen-bond acceptors (Lipinski definition) is 1. The highest BCUT2D eigenvalue weighted by molar-refractivity contribution is 5.87. The maximum Gasteiger partial charge on any atom is 0.158 e. The van der Waals surface area contributed by atoms with E-state index in [1.54, 1.807) is 0 Å². The Bertz CT molecular complexity index is 404. The van der Waals surface area contributed by atoms with Crippen molar-refractivity contribution < 1.29 is 4.79 Å². The first-order chi connectivity index (χ1) is 7.86. The van der Waals surface area contributed by atoms with Crippen LogP contribution < -0.4 is 0 Å². The first-order valence-electron chi connectivity index (χ1n) is 5.57. The summed E-state index contributed by atoms with van der Waals surface area (Å²) in [7, 11) is 0. The molecule has 1 aromatic carbocycles. The van der Waals surface area contributed by atoms with E-state index >= 15 is 0 Å². The molecule has 0 aliphatic rings. The fourth-order valence-corrected chi connectivity index (χ4v) is 1.26. The molecule has 0 saturated heterocycles. The molecule has 1 nitrogen and oxygen atoms in total. The van der Waals surface area contributed by atoms with E-state index < -0.39 is 0 Å². The summed E-state index contributed by atoms with van der Waals surface area (Å²) in [6.45, 7) is 2.13. The summed E-state index contributed by atoms with van der Waals surface area (Å²) in [5.41, 5.74) is 1.55. The molecule has 0 atom stereocenters. The predicted octanol–water partition coefficient (Wildman–Crippen LogP) is 3.46. The van der Waals surface area contributed by atoms with E-state index in [0.717, 1.165) is 31.1 Å². The van der Waals surface area contributed by atoms with Crippen molar-refractivity contribution >= 4 is 12.4 Å². The molecule has 0 aromatic heterocycles. The van der Waals surface area contributed by atoms with Gasteiger partial charge in [0.2, 0.25) is 0 Å². The van der Waals surface area contributed by atoms with Gasteiger partial charge < -0.3 is 0 Å². The summed E-state index contributed by atoms with van der Waals surface area (Å²) in [6, 6.07) is 9.75. The van der Waals surface area contributed by atoms with Crippen molar-refractivity contribution in [3.8, 4) is 11.8 Å². The highest BCUT2D eigenvalue weighted by Gasteiger charge is 1.90. The number of carbonyl (C=O) groups excluding carboxylic acids is 1. The fourth-order valence-electron chi connectivity index (χ4n) is 1.26. The Morgan fingerprint density at radius 1 is 1.31 bits per heavy atom. The normalized spacial score (nSPS) is 10.4. The number of carbonyl (C=O) groups is 1. The van der Waals surface area contributed by atoms with E-state index in [2.05, 4.69) is 18.8 Å². The molecule has 1 heteroatoms. The molecule has 0 unspecified atom stereocenters. The van der Waals surface area contributed by atoms with E-state index in [1.807, 2.05) is 36.4 Å². The molecule has 0 heterocycles. The predicted molar refractivity (Wildman–Crippen MR) is 67.8 cm³/mol. The minimum absolute atomic E-state index is 0.544. The summed E-state index contributed by atoms with van der Waals surface area (Å²) in [4.78, 5) is 10.8. The van der Waals surface area contributed by atoms with Gasteiger partial charge in [-0.2, -0.15) is 0 Å². The quantitative estimate of drug-likeness (QED) is 0.323. The summed E-state index contributed by atoms with van der Waals surface area (Å²) in [5, 5.41) is 0. The van der Waals surface area contributed by atoms with E-state index in [1.165, 1.54) is 0 Å². The minimum Gasteiger partial charge on any atom is -0.297 e. The van der Waals surface area contributed by atoms with Crippen molar-refractivity contribution in [3.63, 3.8) is 0 Å². The first kappa shape index (κ1) is 12.3. The summed E-state index contributed by atoms with van der Waals surface area (Å²) in [5.74, 6) is 5.90. The van der Waals surface area contributed by atoms with Crippen LogP contribution in [-0.4, -0.2) is 6.29 Å². The summed E-state index contributed by atoms with van der Waals surface area (Å²) >= 11 is 0. The molecule has 1 rings (SSSR count). The molecule has 0 saturated carbocycles. The van der Waals surface area contributed by atoms with E-state index in [4.69, 9.17) is 0 Å². The topological polar surface area (TPSA) is 17.1 Å². The van der Waals surface area contributed by atoms with Crippen molar-refractivity contribution in [2.24, 2.45) is 0 Å². The summed E-state index contributed by atoms with van der Waals surface area (Å²) < 4.78 is 0. The van der Waals surface area contributed by atoms with Gasteiger partial charge in [-0.05, 0) is 18.1 Å². The van der Waals surface area contributed by atoms with Crippen LogP contribution in [0.5, 0.6) is 0 Å². The molecular formula is C15H16O. The van der Waals surface area contributed by atoms with Crippen molar-refractivity contribution in [2.45, 2.75) is 26.2 Å². The molecule has 82 valence electrons. The van der Waals surface area contributed by atoms with Crippen molar-refractivity contribution in [3.05, 3.63) is 41.5 Å². The molecule has 0 fully saturated rings. The lowest BCUT2D eigenvalue weighted by atomic mass is 10.1. The van der Waals surface area contributed by atoms with Gasteiger partial charge in [0.05, 0.1) is 5.57 Å². The minimum atomic E-state index is 0.544. The van der Waals surface area contributed by atoms with E-state index in [-0.39, 0.29) is 0 Å². The SMILES string of the molecule is CCCCC#C/C(C=O)=C\c1ccccc1. The van der Waals surface area contributed by atoms with Gasteiger partial charge in [0.25, 0.3) is 0 Å². The number of rotatable bonds is 4. The highest BCUT2D eigenvalue weighted by atomic mass is 16.1. The monoisotopic (exact) mass is 212 g/mol. The van der Waals surface area contributed by atoms with Crippen LogP contribution in [0, 0.1) is 11.8 Å². The lowest BCUT2D eigenvalue weighted by Gasteiger charge is -1.91. The number of allylic oxidation sites excluding steroid dienone is 1. The Balaban J connectivity index is 2.70. The van der Waals surface area contributed by atoms with Crippen LogP contribution in [0.4, 0.5) is 0 Å². The molecule has 0 aliphatic carbocycles. The highest BCUT2D eigenvalue weighted by Crippen LogP contribution is 2.04. The van der Waals surface area contributed by atoms with Gasteiger partial charge in [-0.25, -0.2) is 0 Å². The second-order valence-corrected chi connectivity index (χ2v) is 3.53. The zero-order chi connectivity index (χ0) is 11.6. The maximum absolute atomic E-state index is 10.8. The fraction of sp³-hybridized carbons (Fsp3) is 0.267. The van der Waals surface area contributed by atoms with Gasteiger partial charge in [-0.1, -0.05) is 55.5 Å². The van der Waals surface area contributed by atoms with Crippen LogP contribution in [0.2, 0.25) is 0 Å². The van der Waals surface area contributed by atoms with Crippen molar-refractivity contribution in [1.82, 2.24) is 0 Å². The Hall–Kier alpha value is -1.81. The van der Waals surface area contributed by atoms with Gasteiger partial charge in [0.1, 0.15) is 0 Å². The average molecular weight is 212 g/mol. The second kappa shape index (κ2) is 7.48.